The summed E-state index contributed by atoms with van der Waals surface area (Å²) in [7, 11) is 0. The molecule has 0 radical (unpaired) electrons. The van der Waals surface area contributed by atoms with Gasteiger partial charge in [-0.1, -0.05) is 32.4 Å². The maximum absolute atomic E-state index is 12.6. The molecule has 1 aromatic carbocycles. The Labute approximate surface area is 124 Å². The molecule has 2 atom stereocenters. The molecule has 0 heterocycles. The summed E-state index contributed by atoms with van der Waals surface area (Å²) in [5.41, 5.74) is 0.210. The van der Waals surface area contributed by atoms with Gasteiger partial charge >= 0.3 is 6.18 Å². The van der Waals surface area contributed by atoms with Gasteiger partial charge in [0.05, 0.1) is 17.7 Å². The third-order valence-electron chi connectivity index (χ3n) is 3.35. The van der Waals surface area contributed by atoms with Crippen molar-refractivity contribution in [2.45, 2.75) is 51.9 Å². The molecule has 0 aliphatic carbocycles. The van der Waals surface area contributed by atoms with E-state index in [4.69, 9.17) is 4.74 Å². The van der Waals surface area contributed by atoms with E-state index < -0.39 is 11.7 Å². The third-order valence-corrected chi connectivity index (χ3v) is 3.35. The molecule has 1 N–H and O–H groups in total. The molecular formula is C16H24F3NO. The van der Waals surface area contributed by atoms with Crippen LogP contribution in [0.1, 0.15) is 50.8 Å². The van der Waals surface area contributed by atoms with Gasteiger partial charge in [0.1, 0.15) is 0 Å². The zero-order chi connectivity index (χ0) is 15.9. The molecule has 0 aliphatic heterocycles. The van der Waals surface area contributed by atoms with E-state index in [-0.39, 0.29) is 12.1 Å². The summed E-state index contributed by atoms with van der Waals surface area (Å²) in [5.74, 6) is 0. The van der Waals surface area contributed by atoms with Crippen LogP contribution in [0.2, 0.25) is 0 Å². The SMILES string of the molecule is CCCC(OCC)C(NCC)c1ccc(C(F)(F)F)cc1. The molecule has 21 heavy (non-hydrogen) atoms. The largest absolute Gasteiger partial charge is 0.416 e. The molecule has 1 aromatic rings. The van der Waals surface area contributed by atoms with E-state index in [1.807, 2.05) is 13.8 Å². The van der Waals surface area contributed by atoms with Crippen LogP contribution in [0.25, 0.3) is 0 Å². The highest BCUT2D eigenvalue weighted by Gasteiger charge is 2.31. The van der Waals surface area contributed by atoms with Gasteiger partial charge in [-0.3, -0.25) is 0 Å². The van der Waals surface area contributed by atoms with Crippen molar-refractivity contribution in [3.8, 4) is 0 Å². The summed E-state index contributed by atoms with van der Waals surface area (Å²) >= 11 is 0. The first-order valence-electron chi connectivity index (χ1n) is 7.46. The van der Waals surface area contributed by atoms with Crippen LogP contribution in [-0.4, -0.2) is 19.3 Å². The predicted octanol–water partition coefficient (Wildman–Crippen LogP) is 4.56. The van der Waals surface area contributed by atoms with Crippen LogP contribution in [0.4, 0.5) is 13.2 Å². The van der Waals surface area contributed by atoms with E-state index in [1.165, 1.54) is 12.1 Å². The van der Waals surface area contributed by atoms with Gasteiger partial charge in [0, 0.05) is 6.61 Å². The normalized spacial score (nSPS) is 15.0. The number of hydrogen-bond donors (Lipinski definition) is 1. The molecule has 0 bridgehead atoms. The lowest BCUT2D eigenvalue weighted by Gasteiger charge is -2.28. The Balaban J connectivity index is 2.98. The molecule has 0 aliphatic rings. The lowest BCUT2D eigenvalue weighted by atomic mass is 9.97. The molecule has 0 fully saturated rings. The second-order valence-corrected chi connectivity index (χ2v) is 4.94. The highest BCUT2D eigenvalue weighted by Crippen LogP contribution is 2.31. The van der Waals surface area contributed by atoms with E-state index >= 15 is 0 Å². The van der Waals surface area contributed by atoms with Crippen LogP contribution in [0.15, 0.2) is 24.3 Å². The highest BCUT2D eigenvalue weighted by molar-refractivity contribution is 5.27. The average molecular weight is 303 g/mol. The van der Waals surface area contributed by atoms with Crippen molar-refractivity contribution >= 4 is 0 Å². The Morgan fingerprint density at radius 2 is 1.71 bits per heavy atom. The van der Waals surface area contributed by atoms with Gasteiger partial charge in [-0.05, 0) is 37.6 Å². The number of halogens is 3. The summed E-state index contributed by atoms with van der Waals surface area (Å²) in [5, 5.41) is 3.32. The first kappa shape index (κ1) is 18.0. The molecule has 0 aromatic heterocycles. The van der Waals surface area contributed by atoms with Gasteiger partial charge in [0.15, 0.2) is 0 Å². The van der Waals surface area contributed by atoms with Gasteiger partial charge in [-0.15, -0.1) is 0 Å². The number of alkyl halides is 3. The van der Waals surface area contributed by atoms with Gasteiger partial charge in [0.25, 0.3) is 0 Å². The summed E-state index contributed by atoms with van der Waals surface area (Å²) in [4.78, 5) is 0. The van der Waals surface area contributed by atoms with Crippen molar-refractivity contribution in [2.24, 2.45) is 0 Å². The third kappa shape index (κ3) is 5.32. The van der Waals surface area contributed by atoms with E-state index in [0.29, 0.717) is 6.61 Å². The monoisotopic (exact) mass is 303 g/mol. The number of nitrogens with one attached hydrogen (secondary N) is 1. The number of rotatable bonds is 8. The van der Waals surface area contributed by atoms with Crippen molar-refractivity contribution in [2.75, 3.05) is 13.2 Å². The lowest BCUT2D eigenvalue weighted by Crippen LogP contribution is -2.34. The van der Waals surface area contributed by atoms with Crippen LogP contribution >= 0.6 is 0 Å². The zero-order valence-corrected chi connectivity index (χ0v) is 12.8. The van der Waals surface area contributed by atoms with Gasteiger partial charge in [-0.2, -0.15) is 13.2 Å². The maximum atomic E-state index is 12.6. The van der Waals surface area contributed by atoms with Crippen LogP contribution in [0.5, 0.6) is 0 Å². The molecule has 120 valence electrons. The topological polar surface area (TPSA) is 21.3 Å². The molecule has 1 rings (SSSR count). The second-order valence-electron chi connectivity index (χ2n) is 4.94. The Hall–Kier alpha value is -1.07. The van der Waals surface area contributed by atoms with E-state index in [9.17, 15) is 13.2 Å². The number of likely N-dealkylation sites (N-methyl/N-ethyl adjacent to an activating group) is 1. The van der Waals surface area contributed by atoms with E-state index in [2.05, 4.69) is 12.2 Å². The number of ether oxygens (including phenoxy) is 1. The zero-order valence-electron chi connectivity index (χ0n) is 12.8. The molecule has 0 spiro atoms. The molecule has 2 unspecified atom stereocenters. The lowest BCUT2D eigenvalue weighted by molar-refractivity contribution is -0.137. The minimum absolute atomic E-state index is 0.0308. The maximum Gasteiger partial charge on any atom is 0.416 e. The fraction of sp³-hybridized carbons (Fsp3) is 0.625. The minimum Gasteiger partial charge on any atom is -0.377 e. The van der Waals surface area contributed by atoms with Crippen LogP contribution < -0.4 is 5.32 Å². The molecule has 2 nitrogen and oxygen atoms in total. The molecular weight excluding hydrogens is 279 g/mol. The number of hydrogen-bond acceptors (Lipinski definition) is 2. The fourth-order valence-corrected chi connectivity index (χ4v) is 2.41. The highest BCUT2D eigenvalue weighted by atomic mass is 19.4. The second kappa shape index (κ2) is 8.39. The molecule has 0 amide bonds. The average Bonchev–Trinajstić information content (AvgIpc) is 2.44. The Morgan fingerprint density at radius 1 is 1.10 bits per heavy atom. The Morgan fingerprint density at radius 3 is 2.14 bits per heavy atom. The summed E-state index contributed by atoms with van der Waals surface area (Å²) in [6.45, 7) is 7.30. The Bertz CT molecular complexity index is 397. The van der Waals surface area contributed by atoms with Crippen molar-refractivity contribution in [1.29, 1.82) is 0 Å². The predicted molar refractivity (Wildman–Crippen MR) is 78.2 cm³/mol. The van der Waals surface area contributed by atoms with Gasteiger partial charge < -0.3 is 10.1 Å². The minimum atomic E-state index is -4.30. The fourth-order valence-electron chi connectivity index (χ4n) is 2.41. The first-order valence-corrected chi connectivity index (χ1v) is 7.46. The van der Waals surface area contributed by atoms with Crippen molar-refractivity contribution < 1.29 is 17.9 Å². The van der Waals surface area contributed by atoms with E-state index in [0.717, 1.165) is 37.1 Å². The van der Waals surface area contributed by atoms with Crippen molar-refractivity contribution in [3.05, 3.63) is 35.4 Å². The van der Waals surface area contributed by atoms with Gasteiger partial charge in [0.2, 0.25) is 0 Å². The summed E-state index contributed by atoms with van der Waals surface area (Å²) < 4.78 is 43.6. The van der Waals surface area contributed by atoms with Crippen molar-refractivity contribution in [1.82, 2.24) is 5.32 Å². The van der Waals surface area contributed by atoms with E-state index in [1.54, 1.807) is 0 Å². The Kier molecular flexibility index (Phi) is 7.18. The summed E-state index contributed by atoms with van der Waals surface area (Å²) in [6, 6.07) is 5.26. The smallest absolute Gasteiger partial charge is 0.377 e. The van der Waals surface area contributed by atoms with Crippen LogP contribution in [-0.2, 0) is 10.9 Å². The number of benzene rings is 1. The molecule has 5 heteroatoms. The standard InChI is InChI=1S/C16H24F3NO/c1-4-7-14(21-6-3)15(20-5-2)12-8-10-13(11-9-12)16(17,18)19/h8-11,14-15,20H,4-7H2,1-3H3. The van der Waals surface area contributed by atoms with Crippen molar-refractivity contribution in [3.63, 3.8) is 0 Å². The van der Waals surface area contributed by atoms with Crippen LogP contribution in [0, 0.1) is 0 Å². The van der Waals surface area contributed by atoms with Crippen LogP contribution in [0.3, 0.4) is 0 Å². The van der Waals surface area contributed by atoms with Gasteiger partial charge in [-0.25, -0.2) is 0 Å². The molecule has 0 saturated heterocycles. The summed E-state index contributed by atoms with van der Waals surface area (Å²) in [6.07, 6.45) is -2.49. The first-order chi connectivity index (χ1) is 9.93. The molecule has 0 saturated carbocycles. The quantitative estimate of drug-likeness (QED) is 0.760.